The van der Waals surface area contributed by atoms with Crippen molar-refractivity contribution in [1.82, 2.24) is 0 Å². The summed E-state index contributed by atoms with van der Waals surface area (Å²) in [6, 6.07) is 6.37. The van der Waals surface area contributed by atoms with Gasteiger partial charge in [-0.3, -0.25) is 4.79 Å². The monoisotopic (exact) mass is 246 g/mol. The van der Waals surface area contributed by atoms with Crippen molar-refractivity contribution in [3.8, 4) is 0 Å². The van der Waals surface area contributed by atoms with Gasteiger partial charge >= 0.3 is 0 Å². The second-order valence-corrected chi connectivity index (χ2v) is 5.92. The van der Waals surface area contributed by atoms with Crippen LogP contribution in [-0.4, -0.2) is 12.5 Å². The Balaban J connectivity index is 2.14. The number of fused-ring (bicyclic) bond motifs is 1. The Labute approximate surface area is 109 Å². The van der Waals surface area contributed by atoms with Crippen molar-refractivity contribution in [1.29, 1.82) is 0 Å². The Morgan fingerprint density at radius 2 is 2.11 bits per heavy atom. The maximum Gasteiger partial charge on any atom is 0.224 e. The molecule has 3 heteroatoms. The molecular formula is C15H22N2O. The molecule has 0 radical (unpaired) electrons. The van der Waals surface area contributed by atoms with Gasteiger partial charge in [-0.05, 0) is 48.4 Å². The minimum absolute atomic E-state index is 0.124. The molecule has 98 valence electrons. The van der Waals surface area contributed by atoms with Crippen LogP contribution in [0.15, 0.2) is 18.2 Å². The maximum atomic E-state index is 11.3. The number of hydrogen-bond donors (Lipinski definition) is 2. The Kier molecular flexibility index (Phi) is 3.71. The molecule has 0 saturated carbocycles. The predicted molar refractivity (Wildman–Crippen MR) is 74.5 cm³/mol. The number of nitrogens with one attached hydrogen (secondary N) is 1. The quantitative estimate of drug-likeness (QED) is 0.857. The highest BCUT2D eigenvalue weighted by Crippen LogP contribution is 2.29. The minimum Gasteiger partial charge on any atom is -0.330 e. The largest absolute Gasteiger partial charge is 0.330 e. The lowest BCUT2D eigenvalue weighted by molar-refractivity contribution is -0.116. The van der Waals surface area contributed by atoms with Crippen molar-refractivity contribution in [2.45, 2.75) is 39.5 Å². The molecule has 0 aliphatic carbocycles. The molecular weight excluding hydrogens is 224 g/mol. The number of rotatable bonds is 4. The summed E-state index contributed by atoms with van der Waals surface area (Å²) >= 11 is 0. The maximum absolute atomic E-state index is 11.3. The third-order valence-corrected chi connectivity index (χ3v) is 3.57. The Morgan fingerprint density at radius 1 is 1.33 bits per heavy atom. The molecule has 1 aromatic carbocycles. The van der Waals surface area contributed by atoms with Gasteiger partial charge < -0.3 is 11.1 Å². The van der Waals surface area contributed by atoms with Crippen LogP contribution in [0.4, 0.5) is 5.69 Å². The first-order chi connectivity index (χ1) is 8.50. The number of carbonyl (C=O) groups excluding carboxylic acids is 1. The first-order valence-corrected chi connectivity index (χ1v) is 6.62. The van der Waals surface area contributed by atoms with Crippen LogP contribution in [0.1, 0.15) is 37.8 Å². The molecule has 3 N–H and O–H groups in total. The number of anilines is 1. The van der Waals surface area contributed by atoms with Crippen molar-refractivity contribution in [2.24, 2.45) is 11.1 Å². The van der Waals surface area contributed by atoms with E-state index in [1.165, 1.54) is 11.1 Å². The summed E-state index contributed by atoms with van der Waals surface area (Å²) < 4.78 is 0. The highest BCUT2D eigenvalue weighted by Gasteiger charge is 2.19. The molecule has 18 heavy (non-hydrogen) atoms. The van der Waals surface area contributed by atoms with E-state index in [0.29, 0.717) is 6.42 Å². The van der Waals surface area contributed by atoms with Crippen molar-refractivity contribution in [3.63, 3.8) is 0 Å². The van der Waals surface area contributed by atoms with Gasteiger partial charge in [0, 0.05) is 12.1 Å². The number of hydrogen-bond acceptors (Lipinski definition) is 2. The highest BCUT2D eigenvalue weighted by molar-refractivity contribution is 5.93. The third kappa shape index (κ3) is 3.10. The molecule has 1 amide bonds. The van der Waals surface area contributed by atoms with E-state index >= 15 is 0 Å². The molecule has 0 atom stereocenters. The summed E-state index contributed by atoms with van der Waals surface area (Å²) in [5, 5.41) is 2.92. The van der Waals surface area contributed by atoms with Gasteiger partial charge in [0.05, 0.1) is 0 Å². The average molecular weight is 246 g/mol. The molecule has 0 aromatic heterocycles. The average Bonchev–Trinajstić information content (AvgIpc) is 2.28. The van der Waals surface area contributed by atoms with Crippen molar-refractivity contribution < 1.29 is 4.79 Å². The molecule has 0 saturated heterocycles. The van der Waals surface area contributed by atoms with Crippen LogP contribution in [0.3, 0.4) is 0 Å². The Bertz CT molecular complexity index is 452. The molecule has 1 heterocycles. The third-order valence-electron chi connectivity index (χ3n) is 3.57. The fourth-order valence-electron chi connectivity index (χ4n) is 2.58. The fourth-order valence-corrected chi connectivity index (χ4v) is 2.58. The number of benzene rings is 1. The summed E-state index contributed by atoms with van der Waals surface area (Å²) in [5.74, 6) is 0.124. The molecule has 1 aliphatic heterocycles. The summed E-state index contributed by atoms with van der Waals surface area (Å²) in [4.78, 5) is 11.3. The van der Waals surface area contributed by atoms with Crippen molar-refractivity contribution in [2.75, 3.05) is 11.9 Å². The number of carbonyl (C=O) groups is 1. The van der Waals surface area contributed by atoms with Gasteiger partial charge in [0.2, 0.25) is 5.91 Å². The van der Waals surface area contributed by atoms with Gasteiger partial charge in [-0.15, -0.1) is 0 Å². The molecule has 3 nitrogen and oxygen atoms in total. The van der Waals surface area contributed by atoms with Gasteiger partial charge in [0.1, 0.15) is 0 Å². The van der Waals surface area contributed by atoms with Crippen LogP contribution in [0.5, 0.6) is 0 Å². The van der Waals surface area contributed by atoms with Gasteiger partial charge in [-0.1, -0.05) is 26.0 Å². The number of amides is 1. The summed E-state index contributed by atoms with van der Waals surface area (Å²) in [6.45, 7) is 5.23. The predicted octanol–water partition coefficient (Wildman–Crippen LogP) is 2.49. The van der Waals surface area contributed by atoms with Gasteiger partial charge in [-0.25, -0.2) is 0 Å². The van der Waals surface area contributed by atoms with E-state index in [9.17, 15) is 4.79 Å². The number of nitrogens with two attached hydrogens (primary N) is 1. The molecule has 0 spiro atoms. The van der Waals surface area contributed by atoms with E-state index in [2.05, 4.69) is 31.3 Å². The highest BCUT2D eigenvalue weighted by atomic mass is 16.1. The minimum atomic E-state index is 0.124. The molecule has 0 unspecified atom stereocenters. The first kappa shape index (κ1) is 13.1. The Hall–Kier alpha value is -1.35. The summed E-state index contributed by atoms with van der Waals surface area (Å²) in [5.41, 5.74) is 9.46. The van der Waals surface area contributed by atoms with Crippen LogP contribution in [0.25, 0.3) is 0 Å². The number of aryl methyl sites for hydroxylation is 1. The van der Waals surface area contributed by atoms with Gasteiger partial charge in [-0.2, -0.15) is 0 Å². The lowest BCUT2D eigenvalue weighted by Gasteiger charge is -2.25. The molecule has 1 aromatic rings. The fraction of sp³-hybridized carbons (Fsp3) is 0.533. The van der Waals surface area contributed by atoms with Crippen molar-refractivity contribution in [3.05, 3.63) is 29.3 Å². The first-order valence-electron chi connectivity index (χ1n) is 6.62. The second kappa shape index (κ2) is 5.11. The van der Waals surface area contributed by atoms with Crippen molar-refractivity contribution >= 4 is 11.6 Å². The SMILES string of the molecule is CC(C)(CCN)Cc1ccc2c(c1)CCC(=O)N2. The van der Waals surface area contributed by atoms with Crippen LogP contribution < -0.4 is 11.1 Å². The van der Waals surface area contributed by atoms with Crippen LogP contribution in [-0.2, 0) is 17.6 Å². The lowest BCUT2D eigenvalue weighted by atomic mass is 9.82. The van der Waals surface area contributed by atoms with E-state index in [0.717, 1.165) is 31.5 Å². The van der Waals surface area contributed by atoms with Gasteiger partial charge in [0.25, 0.3) is 0 Å². The van der Waals surface area contributed by atoms with E-state index in [1.54, 1.807) is 0 Å². The van der Waals surface area contributed by atoms with Gasteiger partial charge in [0.15, 0.2) is 0 Å². The lowest BCUT2D eigenvalue weighted by Crippen LogP contribution is -2.21. The zero-order valence-electron chi connectivity index (χ0n) is 11.3. The zero-order chi connectivity index (χ0) is 13.2. The topological polar surface area (TPSA) is 55.1 Å². The van der Waals surface area contributed by atoms with Crippen LogP contribution >= 0.6 is 0 Å². The standard InChI is InChI=1S/C15H22N2O/c1-15(2,7-8-16)10-11-3-5-13-12(9-11)4-6-14(18)17-13/h3,5,9H,4,6-8,10,16H2,1-2H3,(H,17,18). The van der Waals surface area contributed by atoms with Crippen LogP contribution in [0, 0.1) is 5.41 Å². The second-order valence-electron chi connectivity index (χ2n) is 5.92. The van der Waals surface area contributed by atoms with E-state index in [-0.39, 0.29) is 11.3 Å². The molecule has 0 bridgehead atoms. The molecule has 2 rings (SSSR count). The van der Waals surface area contributed by atoms with E-state index in [1.807, 2.05) is 6.07 Å². The molecule has 1 aliphatic rings. The molecule has 0 fully saturated rings. The van der Waals surface area contributed by atoms with E-state index < -0.39 is 0 Å². The Morgan fingerprint density at radius 3 is 2.83 bits per heavy atom. The zero-order valence-corrected chi connectivity index (χ0v) is 11.3. The van der Waals surface area contributed by atoms with E-state index in [4.69, 9.17) is 5.73 Å². The summed E-state index contributed by atoms with van der Waals surface area (Å²) in [6.07, 6.45) is 3.52. The smallest absolute Gasteiger partial charge is 0.224 e. The summed E-state index contributed by atoms with van der Waals surface area (Å²) in [7, 11) is 0. The van der Waals surface area contributed by atoms with Crippen LogP contribution in [0.2, 0.25) is 0 Å². The normalized spacial score (nSPS) is 15.2.